The fourth-order valence-corrected chi connectivity index (χ4v) is 4.35. The van der Waals surface area contributed by atoms with E-state index >= 15 is 0 Å². The van der Waals surface area contributed by atoms with E-state index in [4.69, 9.17) is 4.74 Å². The van der Waals surface area contributed by atoms with Crippen molar-refractivity contribution in [2.75, 3.05) is 48.4 Å². The highest BCUT2D eigenvalue weighted by molar-refractivity contribution is 5.95. The molecule has 1 fully saturated rings. The molecule has 0 aliphatic carbocycles. The second-order valence-electron chi connectivity index (χ2n) is 7.73. The predicted octanol–water partition coefficient (Wildman–Crippen LogP) is 4.00. The van der Waals surface area contributed by atoms with Crippen LogP contribution in [0.4, 0.5) is 17.1 Å². The molecule has 4 rings (SSSR count). The van der Waals surface area contributed by atoms with Crippen LogP contribution in [-0.2, 0) is 11.2 Å². The van der Waals surface area contributed by atoms with E-state index in [0.717, 1.165) is 55.2 Å². The van der Waals surface area contributed by atoms with E-state index < -0.39 is 0 Å². The Labute approximate surface area is 167 Å². The number of amides is 1. The third kappa shape index (κ3) is 3.79. The number of para-hydroxylation sites is 1. The van der Waals surface area contributed by atoms with E-state index in [2.05, 4.69) is 40.2 Å². The topological polar surface area (TPSA) is 44.8 Å². The van der Waals surface area contributed by atoms with E-state index in [1.54, 1.807) is 7.11 Å². The molecular weight excluding hydrogens is 350 g/mol. The molecule has 2 aromatic rings. The predicted molar refractivity (Wildman–Crippen MR) is 115 cm³/mol. The van der Waals surface area contributed by atoms with Gasteiger partial charge in [0.25, 0.3) is 0 Å². The monoisotopic (exact) mass is 379 g/mol. The number of fused-ring (bicyclic) bond motifs is 1. The van der Waals surface area contributed by atoms with Crippen LogP contribution in [0.25, 0.3) is 0 Å². The lowest BCUT2D eigenvalue weighted by atomic mass is 10.0. The van der Waals surface area contributed by atoms with Crippen LogP contribution in [0, 0.1) is 6.92 Å². The van der Waals surface area contributed by atoms with E-state index in [0.29, 0.717) is 6.54 Å². The van der Waals surface area contributed by atoms with Crippen molar-refractivity contribution < 1.29 is 9.53 Å². The maximum absolute atomic E-state index is 12.8. The molecule has 2 aliphatic heterocycles. The Balaban J connectivity index is 1.46. The lowest BCUT2D eigenvalue weighted by molar-refractivity contribution is -0.115. The van der Waals surface area contributed by atoms with Crippen LogP contribution in [0.5, 0.6) is 5.75 Å². The first-order valence-corrected chi connectivity index (χ1v) is 10.2. The van der Waals surface area contributed by atoms with Crippen molar-refractivity contribution in [2.24, 2.45) is 0 Å². The number of nitrogens with zero attached hydrogens (tertiary/aromatic N) is 2. The number of benzene rings is 2. The highest BCUT2D eigenvalue weighted by Crippen LogP contribution is 2.36. The molecular formula is C23H29N3O2. The molecule has 5 nitrogen and oxygen atoms in total. The van der Waals surface area contributed by atoms with E-state index in [-0.39, 0.29) is 5.91 Å². The Morgan fingerprint density at radius 2 is 1.93 bits per heavy atom. The Bertz CT molecular complexity index is 845. The number of hydrogen-bond donors (Lipinski definition) is 1. The summed E-state index contributed by atoms with van der Waals surface area (Å²) in [6, 6.07) is 12.4. The number of methoxy groups -OCH3 is 1. The highest BCUT2D eigenvalue weighted by atomic mass is 16.5. The number of carbonyl (C=O) groups excluding carboxylic acids is 1. The van der Waals surface area contributed by atoms with Gasteiger partial charge in [0.2, 0.25) is 5.91 Å². The van der Waals surface area contributed by atoms with Gasteiger partial charge in [0.15, 0.2) is 0 Å². The van der Waals surface area contributed by atoms with Crippen molar-refractivity contribution in [3.8, 4) is 5.75 Å². The highest BCUT2D eigenvalue weighted by Gasteiger charge is 2.23. The van der Waals surface area contributed by atoms with Crippen LogP contribution in [0.1, 0.15) is 30.4 Å². The van der Waals surface area contributed by atoms with Gasteiger partial charge in [0.1, 0.15) is 5.75 Å². The van der Waals surface area contributed by atoms with E-state index in [1.807, 2.05) is 18.2 Å². The van der Waals surface area contributed by atoms with E-state index in [1.165, 1.54) is 24.1 Å². The second-order valence-corrected chi connectivity index (χ2v) is 7.73. The number of carbonyl (C=O) groups is 1. The second kappa shape index (κ2) is 8.13. The van der Waals surface area contributed by atoms with Gasteiger partial charge in [-0.05, 0) is 68.0 Å². The largest absolute Gasteiger partial charge is 0.495 e. The molecule has 0 bridgehead atoms. The molecule has 2 heterocycles. The van der Waals surface area contributed by atoms with Crippen LogP contribution in [0.3, 0.4) is 0 Å². The minimum absolute atomic E-state index is 0.00998. The van der Waals surface area contributed by atoms with Crippen LogP contribution < -0.4 is 19.9 Å². The Morgan fingerprint density at radius 3 is 2.68 bits per heavy atom. The number of nitrogens with one attached hydrogen (secondary N) is 1. The van der Waals surface area contributed by atoms with Crippen molar-refractivity contribution in [3.05, 3.63) is 47.5 Å². The molecule has 2 aliphatic rings. The van der Waals surface area contributed by atoms with Gasteiger partial charge in [-0.25, -0.2) is 0 Å². The Morgan fingerprint density at radius 1 is 1.11 bits per heavy atom. The maximum atomic E-state index is 12.8. The standard InChI is InChI=1S/C23H29N3O2/c1-17-15-19(25-12-3-4-13-25)10-11-20(17)24-22(27)16-26-14-6-8-18-7-5-9-21(28-2)23(18)26/h5,7,9-11,15H,3-4,6,8,12-14,16H2,1-2H3,(H,24,27). The maximum Gasteiger partial charge on any atom is 0.243 e. The number of anilines is 3. The summed E-state index contributed by atoms with van der Waals surface area (Å²) in [7, 11) is 1.69. The van der Waals surface area contributed by atoms with Gasteiger partial charge >= 0.3 is 0 Å². The summed E-state index contributed by atoms with van der Waals surface area (Å²) in [6.45, 7) is 5.52. The Kier molecular flexibility index (Phi) is 5.42. The summed E-state index contributed by atoms with van der Waals surface area (Å²) in [4.78, 5) is 17.3. The smallest absolute Gasteiger partial charge is 0.243 e. The van der Waals surface area contributed by atoms with Crippen LogP contribution in [0.2, 0.25) is 0 Å². The van der Waals surface area contributed by atoms with Gasteiger partial charge in [-0.1, -0.05) is 12.1 Å². The lowest BCUT2D eigenvalue weighted by Crippen LogP contribution is -2.37. The fourth-order valence-electron chi connectivity index (χ4n) is 4.35. The van der Waals surface area contributed by atoms with Crippen molar-refractivity contribution in [2.45, 2.75) is 32.6 Å². The summed E-state index contributed by atoms with van der Waals surface area (Å²) in [5.41, 5.74) is 5.57. The number of rotatable bonds is 5. The third-order valence-corrected chi connectivity index (χ3v) is 5.78. The van der Waals surface area contributed by atoms with Gasteiger partial charge in [-0.3, -0.25) is 4.79 Å². The molecule has 2 aromatic carbocycles. The molecule has 1 N–H and O–H groups in total. The summed E-state index contributed by atoms with van der Waals surface area (Å²) in [5.74, 6) is 0.854. The normalized spacial score (nSPS) is 16.1. The summed E-state index contributed by atoms with van der Waals surface area (Å²) in [6.07, 6.45) is 4.61. The van der Waals surface area contributed by atoms with Crippen LogP contribution >= 0.6 is 0 Å². The molecule has 0 radical (unpaired) electrons. The molecule has 0 saturated carbocycles. The molecule has 1 saturated heterocycles. The molecule has 0 spiro atoms. The SMILES string of the molecule is COc1cccc2c1N(CC(=O)Nc1ccc(N3CCCC3)cc1C)CCC2. The zero-order valence-electron chi connectivity index (χ0n) is 16.8. The van der Waals surface area contributed by atoms with Crippen molar-refractivity contribution in [3.63, 3.8) is 0 Å². The van der Waals surface area contributed by atoms with Crippen molar-refractivity contribution >= 4 is 23.0 Å². The minimum atomic E-state index is 0.00998. The molecule has 28 heavy (non-hydrogen) atoms. The summed E-state index contributed by atoms with van der Waals surface area (Å²) < 4.78 is 5.55. The van der Waals surface area contributed by atoms with Crippen LogP contribution in [0.15, 0.2) is 36.4 Å². The van der Waals surface area contributed by atoms with Crippen molar-refractivity contribution in [1.29, 1.82) is 0 Å². The van der Waals surface area contributed by atoms with Gasteiger partial charge in [-0.15, -0.1) is 0 Å². The fraction of sp³-hybridized carbons (Fsp3) is 0.435. The average molecular weight is 380 g/mol. The quantitative estimate of drug-likeness (QED) is 0.853. The number of aryl methyl sites for hydroxylation is 2. The first kappa shape index (κ1) is 18.7. The minimum Gasteiger partial charge on any atom is -0.495 e. The van der Waals surface area contributed by atoms with Crippen LogP contribution in [-0.4, -0.2) is 39.2 Å². The van der Waals surface area contributed by atoms with Gasteiger partial charge in [0, 0.05) is 31.0 Å². The van der Waals surface area contributed by atoms with Gasteiger partial charge in [0.05, 0.1) is 19.3 Å². The number of hydrogen-bond acceptors (Lipinski definition) is 4. The lowest BCUT2D eigenvalue weighted by Gasteiger charge is -2.32. The molecule has 0 aromatic heterocycles. The van der Waals surface area contributed by atoms with Gasteiger partial charge < -0.3 is 19.9 Å². The zero-order chi connectivity index (χ0) is 19.5. The molecule has 148 valence electrons. The molecule has 0 atom stereocenters. The molecule has 1 amide bonds. The van der Waals surface area contributed by atoms with E-state index in [9.17, 15) is 4.79 Å². The Hall–Kier alpha value is -2.69. The average Bonchev–Trinajstić information content (AvgIpc) is 3.24. The zero-order valence-corrected chi connectivity index (χ0v) is 16.8. The third-order valence-electron chi connectivity index (χ3n) is 5.78. The van der Waals surface area contributed by atoms with Crippen molar-refractivity contribution in [1.82, 2.24) is 0 Å². The summed E-state index contributed by atoms with van der Waals surface area (Å²) >= 11 is 0. The number of ether oxygens (including phenoxy) is 1. The van der Waals surface area contributed by atoms with Gasteiger partial charge in [-0.2, -0.15) is 0 Å². The first-order chi connectivity index (χ1) is 13.7. The molecule has 0 unspecified atom stereocenters. The first-order valence-electron chi connectivity index (χ1n) is 10.2. The molecule has 5 heteroatoms. The summed E-state index contributed by atoms with van der Waals surface area (Å²) in [5, 5.41) is 3.10.